The molecule has 0 heterocycles. The van der Waals surface area contributed by atoms with Crippen LogP contribution in [-0.2, 0) is 9.47 Å². The molecular weight excluding hydrogens is 332 g/mol. The number of hydrogen-bond donors (Lipinski definition) is 0. The fourth-order valence-electron chi connectivity index (χ4n) is 3.32. The van der Waals surface area contributed by atoms with E-state index in [1.54, 1.807) is 0 Å². The van der Waals surface area contributed by atoms with Crippen LogP contribution in [0, 0.1) is 10.8 Å². The van der Waals surface area contributed by atoms with Gasteiger partial charge < -0.3 is 9.47 Å². The molecule has 0 fully saturated rings. The molecule has 0 amide bonds. The summed E-state index contributed by atoms with van der Waals surface area (Å²) in [7, 11) is 0. The average molecular weight is 381 g/mol. The van der Waals surface area contributed by atoms with Gasteiger partial charge in [-0.15, -0.1) is 0 Å². The molecule has 2 heteroatoms. The van der Waals surface area contributed by atoms with Crippen molar-refractivity contribution in [2.45, 2.75) is 106 Å². The number of allylic oxidation sites excluding steroid dienone is 2. The van der Waals surface area contributed by atoms with E-state index in [0.29, 0.717) is 6.61 Å². The van der Waals surface area contributed by atoms with E-state index in [1.165, 1.54) is 50.5 Å². The second kappa shape index (κ2) is 14.3. The Morgan fingerprint density at radius 3 is 1.74 bits per heavy atom. The van der Waals surface area contributed by atoms with Crippen molar-refractivity contribution in [1.29, 1.82) is 0 Å². The SMILES string of the molecule is C=C(CCC)C(C)(C)CCCCCOCCCCCC(C)(C)C(=C)OCC. The van der Waals surface area contributed by atoms with Gasteiger partial charge in [-0.25, -0.2) is 0 Å². The van der Waals surface area contributed by atoms with E-state index in [1.807, 2.05) is 6.92 Å². The third kappa shape index (κ3) is 12.3. The zero-order chi connectivity index (χ0) is 20.8. The van der Waals surface area contributed by atoms with Crippen molar-refractivity contribution < 1.29 is 9.47 Å². The van der Waals surface area contributed by atoms with Crippen molar-refractivity contribution in [3.8, 4) is 0 Å². The highest BCUT2D eigenvalue weighted by Crippen LogP contribution is 2.34. The quantitative estimate of drug-likeness (QED) is 0.136. The van der Waals surface area contributed by atoms with Crippen LogP contribution in [0.1, 0.15) is 106 Å². The topological polar surface area (TPSA) is 18.5 Å². The van der Waals surface area contributed by atoms with Gasteiger partial charge in [-0.05, 0) is 44.4 Å². The standard InChI is InChI=1S/C25H48O2/c1-9-17-22(3)24(5,6)18-13-11-15-20-26-21-16-12-14-19-25(7,8)23(4)27-10-2/h3-4,9-21H2,1-2,5-8H3. The summed E-state index contributed by atoms with van der Waals surface area (Å²) in [6.45, 7) is 24.2. The third-order valence-corrected chi connectivity index (χ3v) is 5.76. The average Bonchev–Trinajstić information content (AvgIpc) is 2.59. The van der Waals surface area contributed by atoms with Crippen LogP contribution in [0.2, 0.25) is 0 Å². The van der Waals surface area contributed by atoms with Gasteiger partial charge in [0, 0.05) is 18.6 Å². The summed E-state index contributed by atoms with van der Waals surface area (Å²) in [5, 5.41) is 0. The molecule has 0 aromatic rings. The molecule has 0 bridgehead atoms. The molecule has 0 saturated carbocycles. The van der Waals surface area contributed by atoms with E-state index in [-0.39, 0.29) is 10.8 Å². The Labute approximate surface area is 170 Å². The number of unbranched alkanes of at least 4 members (excludes halogenated alkanes) is 4. The maximum absolute atomic E-state index is 5.81. The van der Waals surface area contributed by atoms with Gasteiger partial charge in [0.15, 0.2) is 0 Å². The lowest BCUT2D eigenvalue weighted by Gasteiger charge is -2.27. The molecule has 0 rings (SSSR count). The molecule has 0 saturated heterocycles. The Hall–Kier alpha value is -0.760. The van der Waals surface area contributed by atoms with E-state index in [2.05, 4.69) is 47.8 Å². The minimum Gasteiger partial charge on any atom is -0.498 e. The first-order chi connectivity index (χ1) is 12.7. The summed E-state index contributed by atoms with van der Waals surface area (Å²) < 4.78 is 11.4. The molecule has 0 unspecified atom stereocenters. The maximum Gasteiger partial charge on any atom is 0.0944 e. The fourth-order valence-corrected chi connectivity index (χ4v) is 3.32. The first kappa shape index (κ1) is 26.2. The highest BCUT2D eigenvalue weighted by molar-refractivity contribution is 5.06. The largest absolute Gasteiger partial charge is 0.498 e. The lowest BCUT2D eigenvalue weighted by atomic mass is 9.78. The fraction of sp³-hybridized carbons (Fsp3) is 0.840. The molecule has 160 valence electrons. The van der Waals surface area contributed by atoms with Crippen LogP contribution >= 0.6 is 0 Å². The van der Waals surface area contributed by atoms with Crippen molar-refractivity contribution >= 4 is 0 Å². The van der Waals surface area contributed by atoms with E-state index in [0.717, 1.165) is 38.2 Å². The van der Waals surface area contributed by atoms with Gasteiger partial charge in [-0.2, -0.15) is 0 Å². The minimum absolute atomic E-state index is 0.0765. The summed E-state index contributed by atoms with van der Waals surface area (Å²) >= 11 is 0. The highest BCUT2D eigenvalue weighted by Gasteiger charge is 2.22. The van der Waals surface area contributed by atoms with Crippen LogP contribution in [0.25, 0.3) is 0 Å². The highest BCUT2D eigenvalue weighted by atomic mass is 16.5. The lowest BCUT2D eigenvalue weighted by Crippen LogP contribution is -2.16. The molecule has 0 radical (unpaired) electrons. The first-order valence-electron chi connectivity index (χ1n) is 11.3. The van der Waals surface area contributed by atoms with E-state index >= 15 is 0 Å². The van der Waals surface area contributed by atoms with Crippen molar-refractivity contribution in [3.63, 3.8) is 0 Å². The van der Waals surface area contributed by atoms with Crippen LogP contribution in [-0.4, -0.2) is 19.8 Å². The zero-order valence-electron chi connectivity index (χ0n) is 19.4. The predicted octanol–water partition coefficient (Wildman–Crippen LogP) is 8.08. The van der Waals surface area contributed by atoms with E-state index in [9.17, 15) is 0 Å². The van der Waals surface area contributed by atoms with Gasteiger partial charge in [0.1, 0.15) is 0 Å². The summed E-state index contributed by atoms with van der Waals surface area (Å²) in [6, 6.07) is 0. The van der Waals surface area contributed by atoms with Gasteiger partial charge in [0.05, 0.1) is 12.4 Å². The second-order valence-corrected chi connectivity index (χ2v) is 9.21. The summed E-state index contributed by atoms with van der Waals surface area (Å²) in [4.78, 5) is 0. The van der Waals surface area contributed by atoms with Crippen molar-refractivity contribution in [2.24, 2.45) is 10.8 Å². The van der Waals surface area contributed by atoms with Gasteiger partial charge in [-0.3, -0.25) is 0 Å². The van der Waals surface area contributed by atoms with Crippen LogP contribution in [0.15, 0.2) is 24.5 Å². The van der Waals surface area contributed by atoms with E-state index in [4.69, 9.17) is 9.47 Å². The molecule has 0 aromatic carbocycles. The normalized spacial score (nSPS) is 12.2. The Balaban J connectivity index is 3.58. The van der Waals surface area contributed by atoms with Crippen LogP contribution in [0.3, 0.4) is 0 Å². The Kier molecular flexibility index (Phi) is 13.9. The second-order valence-electron chi connectivity index (χ2n) is 9.21. The molecule has 0 atom stereocenters. The molecule has 0 spiro atoms. The van der Waals surface area contributed by atoms with Crippen molar-refractivity contribution in [3.05, 3.63) is 24.5 Å². The minimum atomic E-state index is 0.0765. The molecule has 2 nitrogen and oxygen atoms in total. The van der Waals surface area contributed by atoms with Crippen LogP contribution in [0.4, 0.5) is 0 Å². The molecular formula is C25H48O2. The van der Waals surface area contributed by atoms with Gasteiger partial charge in [0.2, 0.25) is 0 Å². The molecule has 0 aliphatic heterocycles. The smallest absolute Gasteiger partial charge is 0.0944 e. The predicted molar refractivity (Wildman–Crippen MR) is 120 cm³/mol. The summed E-state index contributed by atoms with van der Waals surface area (Å²) in [6.07, 6.45) is 12.0. The van der Waals surface area contributed by atoms with Crippen LogP contribution < -0.4 is 0 Å². The third-order valence-electron chi connectivity index (χ3n) is 5.76. The van der Waals surface area contributed by atoms with Gasteiger partial charge >= 0.3 is 0 Å². The number of hydrogen-bond acceptors (Lipinski definition) is 2. The Morgan fingerprint density at radius 1 is 0.741 bits per heavy atom. The van der Waals surface area contributed by atoms with Crippen LogP contribution in [0.5, 0.6) is 0 Å². The Morgan fingerprint density at radius 2 is 1.26 bits per heavy atom. The first-order valence-corrected chi connectivity index (χ1v) is 11.3. The van der Waals surface area contributed by atoms with Crippen molar-refractivity contribution in [1.82, 2.24) is 0 Å². The molecule has 0 N–H and O–H groups in total. The Bertz CT molecular complexity index is 369. The van der Waals surface area contributed by atoms with Gasteiger partial charge in [0.25, 0.3) is 0 Å². The number of ether oxygens (including phenoxy) is 2. The number of rotatable bonds is 18. The van der Waals surface area contributed by atoms with Crippen molar-refractivity contribution in [2.75, 3.05) is 19.8 Å². The zero-order valence-corrected chi connectivity index (χ0v) is 19.4. The molecule has 27 heavy (non-hydrogen) atoms. The lowest BCUT2D eigenvalue weighted by molar-refractivity contribution is 0.122. The molecule has 0 aromatic heterocycles. The van der Waals surface area contributed by atoms with E-state index < -0.39 is 0 Å². The summed E-state index contributed by atoms with van der Waals surface area (Å²) in [5.41, 5.74) is 1.78. The molecule has 0 aliphatic carbocycles. The maximum atomic E-state index is 5.81. The molecule has 0 aliphatic rings. The monoisotopic (exact) mass is 380 g/mol. The van der Waals surface area contributed by atoms with Gasteiger partial charge in [-0.1, -0.05) is 85.5 Å². The summed E-state index contributed by atoms with van der Waals surface area (Å²) in [5.74, 6) is 0.919.